The van der Waals surface area contributed by atoms with Crippen molar-refractivity contribution in [3.05, 3.63) is 33.3 Å². The maximum atomic E-state index is 6.14. The number of benzene rings is 1. The van der Waals surface area contributed by atoms with E-state index in [4.69, 9.17) is 16.3 Å². The molecule has 1 saturated heterocycles. The maximum absolute atomic E-state index is 6.14. The Morgan fingerprint density at radius 2 is 2.27 bits per heavy atom. The summed E-state index contributed by atoms with van der Waals surface area (Å²) in [6.45, 7) is 2.36. The third-order valence-corrected chi connectivity index (χ3v) is 3.08. The largest absolute Gasteiger partial charge is 0.378 e. The molecule has 0 amide bonds. The molecule has 0 unspecified atom stereocenters. The highest BCUT2D eigenvalue weighted by Crippen LogP contribution is 2.27. The van der Waals surface area contributed by atoms with Gasteiger partial charge in [-0.3, -0.25) is 0 Å². The van der Waals surface area contributed by atoms with Crippen LogP contribution in [0.2, 0.25) is 5.02 Å². The summed E-state index contributed by atoms with van der Waals surface area (Å²) in [5, 5.41) is 4.15. The normalized spacial score (nSPS) is 20.8. The van der Waals surface area contributed by atoms with Crippen LogP contribution in [0.3, 0.4) is 0 Å². The van der Waals surface area contributed by atoms with Crippen LogP contribution in [0.5, 0.6) is 0 Å². The Morgan fingerprint density at radius 3 is 2.87 bits per heavy atom. The topological polar surface area (TPSA) is 21.3 Å². The third kappa shape index (κ3) is 3.33. The van der Waals surface area contributed by atoms with Crippen LogP contribution in [-0.2, 0) is 4.74 Å². The molecule has 0 spiro atoms. The van der Waals surface area contributed by atoms with Crippen molar-refractivity contribution in [2.45, 2.75) is 6.04 Å². The molecule has 2 nitrogen and oxygen atoms in total. The summed E-state index contributed by atoms with van der Waals surface area (Å²) in [6.07, 6.45) is 0. The average molecular weight is 313 g/mol. The second-order valence-electron chi connectivity index (χ2n) is 3.25. The molecule has 1 fully saturated rings. The summed E-state index contributed by atoms with van der Waals surface area (Å²) in [7, 11) is 0. The fourth-order valence-corrected chi connectivity index (χ4v) is 2.35. The van der Waals surface area contributed by atoms with Crippen molar-refractivity contribution in [2.75, 3.05) is 19.8 Å². The van der Waals surface area contributed by atoms with E-state index in [9.17, 15) is 0 Å². The van der Waals surface area contributed by atoms with Crippen molar-refractivity contribution in [3.8, 4) is 0 Å². The van der Waals surface area contributed by atoms with Gasteiger partial charge in [-0.15, -0.1) is 12.4 Å². The summed E-state index contributed by atoms with van der Waals surface area (Å²) in [4.78, 5) is 0. The Kier molecular flexibility index (Phi) is 5.36. The SMILES string of the molecule is Cl.Clc1cc(Br)ccc1[C@H]1COCCN1. The first kappa shape index (κ1) is 13.3. The van der Waals surface area contributed by atoms with E-state index in [1.165, 1.54) is 0 Å². The van der Waals surface area contributed by atoms with Gasteiger partial charge in [-0.25, -0.2) is 0 Å². The summed E-state index contributed by atoms with van der Waals surface area (Å²) in [5.74, 6) is 0. The molecular weight excluding hydrogens is 301 g/mol. The highest BCUT2D eigenvalue weighted by atomic mass is 79.9. The van der Waals surface area contributed by atoms with Gasteiger partial charge in [-0.2, -0.15) is 0 Å². The first-order valence-electron chi connectivity index (χ1n) is 4.53. The van der Waals surface area contributed by atoms with Crippen LogP contribution in [0.4, 0.5) is 0 Å². The number of morpholine rings is 1. The van der Waals surface area contributed by atoms with Gasteiger partial charge in [-0.05, 0) is 17.7 Å². The van der Waals surface area contributed by atoms with Gasteiger partial charge in [0.15, 0.2) is 0 Å². The van der Waals surface area contributed by atoms with Crippen molar-refractivity contribution < 1.29 is 4.74 Å². The molecular formula is C10H12BrCl2NO. The number of halogens is 3. The second kappa shape index (κ2) is 6.06. The van der Waals surface area contributed by atoms with Gasteiger partial charge in [0.05, 0.1) is 19.3 Å². The predicted octanol–water partition coefficient (Wildman–Crippen LogP) is 3.19. The molecule has 0 bridgehead atoms. The van der Waals surface area contributed by atoms with Gasteiger partial charge in [0.25, 0.3) is 0 Å². The Bertz CT molecular complexity index is 329. The molecule has 1 aliphatic heterocycles. The van der Waals surface area contributed by atoms with Crippen molar-refractivity contribution in [3.63, 3.8) is 0 Å². The van der Waals surface area contributed by atoms with Crippen molar-refractivity contribution in [1.82, 2.24) is 5.32 Å². The van der Waals surface area contributed by atoms with Crippen LogP contribution in [0.15, 0.2) is 22.7 Å². The molecule has 84 valence electrons. The molecule has 5 heteroatoms. The molecule has 1 N–H and O–H groups in total. The van der Waals surface area contributed by atoms with E-state index in [-0.39, 0.29) is 18.4 Å². The number of ether oxygens (including phenoxy) is 1. The summed E-state index contributed by atoms with van der Waals surface area (Å²) in [5.41, 5.74) is 1.11. The fourth-order valence-electron chi connectivity index (χ4n) is 1.55. The van der Waals surface area contributed by atoms with Crippen LogP contribution in [0.1, 0.15) is 11.6 Å². The molecule has 0 radical (unpaired) electrons. The van der Waals surface area contributed by atoms with Crippen LogP contribution in [0.25, 0.3) is 0 Å². The molecule has 1 heterocycles. The van der Waals surface area contributed by atoms with Crippen LogP contribution >= 0.6 is 39.9 Å². The first-order chi connectivity index (χ1) is 6.77. The van der Waals surface area contributed by atoms with Crippen molar-refractivity contribution in [2.24, 2.45) is 0 Å². The molecule has 0 aliphatic carbocycles. The van der Waals surface area contributed by atoms with Crippen molar-refractivity contribution >= 4 is 39.9 Å². The van der Waals surface area contributed by atoms with Gasteiger partial charge in [-0.1, -0.05) is 33.6 Å². The molecule has 15 heavy (non-hydrogen) atoms. The van der Waals surface area contributed by atoms with Gasteiger partial charge in [0.2, 0.25) is 0 Å². The Labute approximate surface area is 109 Å². The lowest BCUT2D eigenvalue weighted by Crippen LogP contribution is -2.34. The molecule has 0 saturated carbocycles. The summed E-state index contributed by atoms with van der Waals surface area (Å²) < 4.78 is 6.39. The highest BCUT2D eigenvalue weighted by molar-refractivity contribution is 9.10. The highest BCUT2D eigenvalue weighted by Gasteiger charge is 2.17. The predicted molar refractivity (Wildman–Crippen MR) is 68.0 cm³/mol. The Morgan fingerprint density at radius 1 is 1.47 bits per heavy atom. The van der Waals surface area contributed by atoms with E-state index in [2.05, 4.69) is 21.2 Å². The maximum Gasteiger partial charge on any atom is 0.0662 e. The van der Waals surface area contributed by atoms with E-state index in [1.807, 2.05) is 18.2 Å². The van der Waals surface area contributed by atoms with Gasteiger partial charge in [0, 0.05) is 16.0 Å². The standard InChI is InChI=1S/C10H11BrClNO.ClH/c11-7-1-2-8(9(12)5-7)10-6-14-4-3-13-10;/h1-2,5,10,13H,3-4,6H2;1H/t10-;/m1./s1. The minimum absolute atomic E-state index is 0. The van der Waals surface area contributed by atoms with E-state index in [0.717, 1.165) is 28.2 Å². The van der Waals surface area contributed by atoms with Crippen LogP contribution < -0.4 is 5.32 Å². The first-order valence-corrected chi connectivity index (χ1v) is 5.70. The van der Waals surface area contributed by atoms with E-state index < -0.39 is 0 Å². The van der Waals surface area contributed by atoms with Gasteiger partial charge < -0.3 is 10.1 Å². The number of hydrogen-bond donors (Lipinski definition) is 1. The lowest BCUT2D eigenvalue weighted by atomic mass is 10.1. The zero-order chi connectivity index (χ0) is 9.97. The van der Waals surface area contributed by atoms with E-state index in [0.29, 0.717) is 6.61 Å². The molecule has 2 rings (SSSR count). The van der Waals surface area contributed by atoms with Crippen molar-refractivity contribution in [1.29, 1.82) is 0 Å². The number of rotatable bonds is 1. The zero-order valence-electron chi connectivity index (χ0n) is 8.00. The van der Waals surface area contributed by atoms with Crippen LogP contribution in [-0.4, -0.2) is 19.8 Å². The summed E-state index contributed by atoms with van der Waals surface area (Å²) in [6, 6.07) is 6.16. The van der Waals surface area contributed by atoms with Gasteiger partial charge in [0.1, 0.15) is 0 Å². The van der Waals surface area contributed by atoms with Crippen LogP contribution in [0, 0.1) is 0 Å². The molecule has 1 aromatic rings. The summed E-state index contributed by atoms with van der Waals surface area (Å²) >= 11 is 9.52. The van der Waals surface area contributed by atoms with E-state index in [1.54, 1.807) is 0 Å². The minimum atomic E-state index is 0. The number of nitrogens with one attached hydrogen (secondary N) is 1. The lowest BCUT2D eigenvalue weighted by molar-refractivity contribution is 0.0769. The van der Waals surface area contributed by atoms with Gasteiger partial charge >= 0.3 is 0 Å². The number of hydrogen-bond acceptors (Lipinski definition) is 2. The molecule has 1 aliphatic rings. The smallest absolute Gasteiger partial charge is 0.0662 e. The zero-order valence-corrected chi connectivity index (χ0v) is 11.2. The lowest BCUT2D eigenvalue weighted by Gasteiger charge is -2.24. The quantitative estimate of drug-likeness (QED) is 0.860. The Hall–Kier alpha value is 0.200. The molecule has 0 aromatic heterocycles. The second-order valence-corrected chi connectivity index (χ2v) is 4.57. The van der Waals surface area contributed by atoms with E-state index >= 15 is 0 Å². The minimum Gasteiger partial charge on any atom is -0.378 e. The molecule has 1 aromatic carbocycles. The fraction of sp³-hybridized carbons (Fsp3) is 0.400. The average Bonchev–Trinajstić information content (AvgIpc) is 2.19. The monoisotopic (exact) mass is 311 g/mol. The Balaban J connectivity index is 0.00000112. The molecule has 1 atom stereocenters. The third-order valence-electron chi connectivity index (χ3n) is 2.26.